The van der Waals surface area contributed by atoms with Crippen LogP contribution in [-0.2, 0) is 11.0 Å². The number of carbonyl (C=O) groups excluding carboxylic acids is 1. The van der Waals surface area contributed by atoms with E-state index in [1.54, 1.807) is 25.2 Å². The maximum Gasteiger partial charge on any atom is 0.416 e. The summed E-state index contributed by atoms with van der Waals surface area (Å²) < 4.78 is 40.7. The molecule has 164 valence electrons. The highest BCUT2D eigenvalue weighted by molar-refractivity contribution is 5.91. The number of likely N-dealkylation sites (N-methyl/N-ethyl adjacent to an activating group) is 1. The molecule has 10 heteroatoms. The predicted molar refractivity (Wildman–Crippen MR) is 107 cm³/mol. The van der Waals surface area contributed by atoms with Crippen molar-refractivity contribution >= 4 is 17.4 Å². The zero-order valence-electron chi connectivity index (χ0n) is 16.6. The molecule has 0 unspecified atom stereocenters. The number of carboxylic acids is 1. The van der Waals surface area contributed by atoms with Crippen LogP contribution in [0.2, 0.25) is 0 Å². The molecule has 1 aliphatic rings. The molecule has 32 heavy (non-hydrogen) atoms. The Balaban J connectivity index is 1.81. The first-order valence-electron chi connectivity index (χ1n) is 9.44. The van der Waals surface area contributed by atoms with Crippen LogP contribution in [0, 0.1) is 11.8 Å². The normalized spacial score (nSPS) is 18.7. The van der Waals surface area contributed by atoms with E-state index >= 15 is 0 Å². The number of hydrogen-bond acceptors (Lipinski definition) is 4. The molecule has 7 nitrogen and oxygen atoms in total. The summed E-state index contributed by atoms with van der Waals surface area (Å²) in [6, 6.07) is 7.86. The average molecular weight is 443 g/mol. The van der Waals surface area contributed by atoms with Crippen molar-refractivity contribution < 1.29 is 33.0 Å². The molecule has 1 atom stereocenters. The summed E-state index contributed by atoms with van der Waals surface area (Å²) in [6.07, 6.45) is -3.45. The van der Waals surface area contributed by atoms with Gasteiger partial charge in [0.1, 0.15) is 0 Å². The molecule has 3 heterocycles. The molecule has 2 aromatic heterocycles. The van der Waals surface area contributed by atoms with Crippen molar-refractivity contribution in [2.75, 3.05) is 13.6 Å². The summed E-state index contributed by atoms with van der Waals surface area (Å²) in [5.74, 6) is 2.95. The lowest BCUT2D eigenvalue weighted by atomic mass is 10.0. The third-order valence-corrected chi connectivity index (χ3v) is 5.22. The van der Waals surface area contributed by atoms with Crippen LogP contribution in [0.4, 0.5) is 13.2 Å². The van der Waals surface area contributed by atoms with Crippen LogP contribution < -0.4 is 0 Å². The van der Waals surface area contributed by atoms with Gasteiger partial charge >= 0.3 is 12.1 Å². The lowest BCUT2D eigenvalue weighted by molar-refractivity contribution is -0.138. The standard InChI is InChI=1S/C22H16F3N3O4/c1-27-10-8-21(32,20(27)31)7-5-13-3-2-4-14(11-13)17-16-12-15(22(23,24)25)6-9-28(16)18(26-17)19(29)30/h2-4,6,9,11-12,32H,8,10H2,1H3,(H,29,30)/t21-/m0/s1. The van der Waals surface area contributed by atoms with Gasteiger partial charge < -0.3 is 15.1 Å². The van der Waals surface area contributed by atoms with E-state index in [0.29, 0.717) is 17.7 Å². The number of hydrogen-bond donors (Lipinski definition) is 2. The molecular formula is C22H16F3N3O4. The van der Waals surface area contributed by atoms with E-state index < -0.39 is 35.0 Å². The molecule has 0 spiro atoms. The zero-order valence-corrected chi connectivity index (χ0v) is 16.6. The lowest BCUT2D eigenvalue weighted by Crippen LogP contribution is -2.37. The Bertz CT molecular complexity index is 1320. The number of aliphatic hydroxyl groups is 1. The number of pyridine rings is 1. The summed E-state index contributed by atoms with van der Waals surface area (Å²) in [7, 11) is 1.56. The highest BCUT2D eigenvalue weighted by Gasteiger charge is 2.42. The number of alkyl halides is 3. The maximum atomic E-state index is 13.2. The Kier molecular flexibility index (Phi) is 4.94. The molecule has 2 N–H and O–H groups in total. The molecule has 0 bridgehead atoms. The van der Waals surface area contributed by atoms with Gasteiger partial charge in [-0.1, -0.05) is 24.0 Å². The fraction of sp³-hybridized carbons (Fsp3) is 0.227. The molecule has 1 aromatic carbocycles. The number of rotatable bonds is 2. The zero-order chi connectivity index (χ0) is 23.3. The van der Waals surface area contributed by atoms with Gasteiger partial charge in [-0.15, -0.1) is 0 Å². The van der Waals surface area contributed by atoms with E-state index in [-0.39, 0.29) is 17.6 Å². The Morgan fingerprint density at radius 2 is 2.00 bits per heavy atom. The fourth-order valence-corrected chi connectivity index (χ4v) is 3.51. The number of nitrogens with zero attached hydrogens (tertiary/aromatic N) is 3. The minimum Gasteiger partial charge on any atom is -0.475 e. The number of aromatic carboxylic acids is 1. The van der Waals surface area contributed by atoms with Gasteiger partial charge in [-0.3, -0.25) is 9.20 Å². The molecule has 0 saturated carbocycles. The second-order valence-electron chi connectivity index (χ2n) is 7.43. The van der Waals surface area contributed by atoms with E-state index in [0.717, 1.165) is 22.7 Å². The monoisotopic (exact) mass is 443 g/mol. The molecular weight excluding hydrogens is 427 g/mol. The van der Waals surface area contributed by atoms with Gasteiger partial charge in [0.2, 0.25) is 11.4 Å². The third kappa shape index (κ3) is 3.67. The molecule has 4 rings (SSSR count). The number of likely N-dealkylation sites (tertiary alicyclic amines) is 1. The number of amides is 1. The molecule has 0 aliphatic carbocycles. The summed E-state index contributed by atoms with van der Waals surface area (Å²) in [6.45, 7) is 0.365. The van der Waals surface area contributed by atoms with Crippen LogP contribution in [0.1, 0.15) is 28.2 Å². The van der Waals surface area contributed by atoms with Gasteiger partial charge in [0.15, 0.2) is 0 Å². The van der Waals surface area contributed by atoms with Gasteiger partial charge in [-0.2, -0.15) is 13.2 Å². The van der Waals surface area contributed by atoms with E-state index in [2.05, 4.69) is 16.8 Å². The summed E-state index contributed by atoms with van der Waals surface area (Å²) in [4.78, 5) is 29.0. The first kappa shape index (κ1) is 21.4. The second-order valence-corrected chi connectivity index (χ2v) is 7.43. The predicted octanol–water partition coefficient (Wildman–Crippen LogP) is 2.66. The van der Waals surface area contributed by atoms with Crippen molar-refractivity contribution in [2.45, 2.75) is 18.2 Å². The first-order chi connectivity index (χ1) is 15.0. The minimum atomic E-state index is -4.61. The van der Waals surface area contributed by atoms with Crippen LogP contribution in [0.15, 0.2) is 42.6 Å². The number of carboxylic acid groups (broad SMARTS) is 1. The van der Waals surface area contributed by atoms with Crippen LogP contribution in [-0.4, -0.2) is 55.6 Å². The molecule has 0 radical (unpaired) electrons. The van der Waals surface area contributed by atoms with Crippen molar-refractivity contribution in [3.05, 3.63) is 59.5 Å². The first-order valence-corrected chi connectivity index (χ1v) is 9.44. The smallest absolute Gasteiger partial charge is 0.416 e. The number of halogens is 3. The summed E-state index contributed by atoms with van der Waals surface area (Å²) >= 11 is 0. The van der Waals surface area contributed by atoms with E-state index in [9.17, 15) is 33.0 Å². The highest BCUT2D eigenvalue weighted by atomic mass is 19.4. The van der Waals surface area contributed by atoms with E-state index in [1.165, 1.54) is 11.0 Å². The van der Waals surface area contributed by atoms with Gasteiger partial charge in [0.05, 0.1) is 16.8 Å². The van der Waals surface area contributed by atoms with Gasteiger partial charge in [0.25, 0.3) is 5.91 Å². The highest BCUT2D eigenvalue weighted by Crippen LogP contribution is 2.33. The number of aromatic nitrogens is 2. The van der Waals surface area contributed by atoms with Crippen LogP contribution in [0.5, 0.6) is 0 Å². The van der Waals surface area contributed by atoms with Gasteiger partial charge in [-0.25, -0.2) is 9.78 Å². The largest absolute Gasteiger partial charge is 0.475 e. The Morgan fingerprint density at radius 3 is 2.62 bits per heavy atom. The average Bonchev–Trinajstić information content (AvgIpc) is 3.25. The number of benzene rings is 1. The summed E-state index contributed by atoms with van der Waals surface area (Å²) in [5.41, 5.74) is -2.03. The third-order valence-electron chi connectivity index (χ3n) is 5.22. The molecule has 1 saturated heterocycles. The van der Waals surface area contributed by atoms with E-state index in [4.69, 9.17) is 0 Å². The Hall–Kier alpha value is -3.84. The summed E-state index contributed by atoms with van der Waals surface area (Å²) in [5, 5.41) is 19.9. The van der Waals surface area contributed by atoms with Gasteiger partial charge in [0, 0.05) is 37.3 Å². The lowest BCUT2D eigenvalue weighted by Gasteiger charge is -2.13. The van der Waals surface area contributed by atoms with E-state index in [1.807, 2.05) is 0 Å². The Labute approximate surface area is 179 Å². The molecule has 1 aliphatic heterocycles. The second kappa shape index (κ2) is 7.39. The fourth-order valence-electron chi connectivity index (χ4n) is 3.51. The van der Waals surface area contributed by atoms with Gasteiger partial charge in [-0.05, 0) is 24.3 Å². The Morgan fingerprint density at radius 1 is 1.25 bits per heavy atom. The quantitative estimate of drug-likeness (QED) is 0.594. The maximum absolute atomic E-state index is 13.2. The number of carbonyl (C=O) groups is 2. The van der Waals surface area contributed by atoms with Crippen molar-refractivity contribution in [1.29, 1.82) is 0 Å². The van der Waals surface area contributed by atoms with Crippen LogP contribution >= 0.6 is 0 Å². The van der Waals surface area contributed by atoms with Crippen LogP contribution in [0.3, 0.4) is 0 Å². The topological polar surface area (TPSA) is 95.1 Å². The van der Waals surface area contributed by atoms with Crippen molar-refractivity contribution in [3.8, 4) is 23.1 Å². The van der Waals surface area contributed by atoms with Crippen molar-refractivity contribution in [1.82, 2.24) is 14.3 Å². The van der Waals surface area contributed by atoms with Crippen molar-refractivity contribution in [2.24, 2.45) is 0 Å². The minimum absolute atomic E-state index is 0.0337. The van der Waals surface area contributed by atoms with Crippen LogP contribution in [0.25, 0.3) is 16.8 Å². The molecule has 3 aromatic rings. The molecule has 1 fully saturated rings. The number of fused-ring (bicyclic) bond motifs is 1. The SMILES string of the molecule is CN1CC[C@@](O)(C#Cc2cccc(-c3nc(C(=O)O)n4ccc(C(F)(F)F)cc34)c2)C1=O. The molecule has 1 amide bonds. The van der Waals surface area contributed by atoms with Crippen molar-refractivity contribution in [3.63, 3.8) is 0 Å². The number of imidazole rings is 1.